The zero-order chi connectivity index (χ0) is 14.3. The average Bonchev–Trinajstić information content (AvgIpc) is 2.85. The fourth-order valence-corrected chi connectivity index (χ4v) is 4.43. The number of carbonyl (C=O) groups is 1. The van der Waals surface area contributed by atoms with Crippen molar-refractivity contribution < 1.29 is 9.90 Å². The molecule has 1 amide bonds. The van der Waals surface area contributed by atoms with Crippen molar-refractivity contribution in [1.29, 1.82) is 0 Å². The number of benzene rings is 1. The molecule has 4 heteroatoms. The maximum atomic E-state index is 12.2. The molecule has 20 heavy (non-hydrogen) atoms. The molecule has 1 aromatic carbocycles. The predicted molar refractivity (Wildman–Crippen MR) is 78.8 cm³/mol. The summed E-state index contributed by atoms with van der Waals surface area (Å²) in [6.07, 6.45) is 2.02. The van der Waals surface area contributed by atoms with E-state index >= 15 is 0 Å². The first kappa shape index (κ1) is 13.9. The van der Waals surface area contributed by atoms with E-state index in [9.17, 15) is 9.90 Å². The highest BCUT2D eigenvalue weighted by molar-refractivity contribution is 6.27. The van der Waals surface area contributed by atoms with Crippen LogP contribution in [0.25, 0.3) is 0 Å². The van der Waals surface area contributed by atoms with Crippen LogP contribution in [0, 0.1) is 11.8 Å². The number of aliphatic hydroxyl groups excluding tert-OH is 1. The Bertz CT molecular complexity index is 506. The van der Waals surface area contributed by atoms with Crippen molar-refractivity contribution in [2.75, 3.05) is 0 Å². The van der Waals surface area contributed by atoms with Gasteiger partial charge in [-0.2, -0.15) is 0 Å². The number of aliphatic hydroxyl groups is 1. The molecule has 3 rings (SSSR count). The van der Waals surface area contributed by atoms with Gasteiger partial charge in [-0.05, 0) is 37.3 Å². The number of alkyl halides is 1. The van der Waals surface area contributed by atoms with Gasteiger partial charge in [0.2, 0.25) is 0 Å². The molecule has 0 saturated heterocycles. The molecule has 2 aliphatic carbocycles. The molecule has 0 aromatic heterocycles. The van der Waals surface area contributed by atoms with E-state index in [1.54, 1.807) is 0 Å². The van der Waals surface area contributed by atoms with Crippen LogP contribution in [0.1, 0.15) is 36.5 Å². The smallest absolute Gasteiger partial charge is 0.251 e. The van der Waals surface area contributed by atoms with Crippen LogP contribution in [0.4, 0.5) is 0 Å². The number of fused-ring (bicyclic) bond motifs is 1. The molecule has 0 bridgehead atoms. The Hall–Kier alpha value is -1.06. The molecule has 1 aromatic rings. The highest BCUT2D eigenvalue weighted by Gasteiger charge is 2.70. The maximum Gasteiger partial charge on any atom is 0.251 e. The number of hydrogen-bond acceptors (Lipinski definition) is 2. The van der Waals surface area contributed by atoms with E-state index in [1.165, 1.54) is 0 Å². The van der Waals surface area contributed by atoms with E-state index in [-0.39, 0.29) is 22.9 Å². The SMILES string of the molecule is CCC(NC(=O)c1ccccc1)C1C2CC(O)CC21Cl. The van der Waals surface area contributed by atoms with Crippen LogP contribution in [-0.2, 0) is 0 Å². The van der Waals surface area contributed by atoms with E-state index in [0.29, 0.717) is 23.8 Å². The molecule has 0 radical (unpaired) electrons. The van der Waals surface area contributed by atoms with Crippen LogP contribution in [0.5, 0.6) is 0 Å². The topological polar surface area (TPSA) is 49.3 Å². The lowest BCUT2D eigenvalue weighted by Crippen LogP contribution is -2.38. The minimum atomic E-state index is -0.288. The molecule has 2 saturated carbocycles. The Morgan fingerprint density at radius 3 is 2.75 bits per heavy atom. The Balaban J connectivity index is 1.66. The molecule has 0 aliphatic heterocycles. The quantitative estimate of drug-likeness (QED) is 0.838. The van der Waals surface area contributed by atoms with Gasteiger partial charge in [-0.3, -0.25) is 4.79 Å². The summed E-state index contributed by atoms with van der Waals surface area (Å²) in [5.41, 5.74) is 0.681. The molecule has 5 unspecified atom stereocenters. The van der Waals surface area contributed by atoms with Gasteiger partial charge in [0.15, 0.2) is 0 Å². The predicted octanol–water partition coefficient (Wildman–Crippen LogP) is 2.57. The normalized spacial score (nSPS) is 36.2. The minimum Gasteiger partial charge on any atom is -0.393 e. The summed E-state index contributed by atoms with van der Waals surface area (Å²) in [7, 11) is 0. The molecule has 108 valence electrons. The minimum absolute atomic E-state index is 0.0387. The van der Waals surface area contributed by atoms with Gasteiger partial charge in [-0.15, -0.1) is 11.6 Å². The standard InChI is InChI=1S/C16H20ClNO2/c1-2-13(14-12-8-11(19)9-16(12,14)17)18-15(20)10-6-4-3-5-7-10/h3-7,11-14,19H,2,8-9H2,1H3,(H,18,20). The number of hydrogen-bond donors (Lipinski definition) is 2. The monoisotopic (exact) mass is 293 g/mol. The number of rotatable bonds is 4. The van der Waals surface area contributed by atoms with Crippen LogP contribution in [0.2, 0.25) is 0 Å². The Morgan fingerprint density at radius 2 is 2.20 bits per heavy atom. The molecule has 2 fully saturated rings. The number of nitrogens with one attached hydrogen (secondary N) is 1. The lowest BCUT2D eigenvalue weighted by Gasteiger charge is -2.21. The zero-order valence-electron chi connectivity index (χ0n) is 11.6. The first-order chi connectivity index (χ1) is 9.56. The molecule has 2 N–H and O–H groups in total. The van der Waals surface area contributed by atoms with Crippen molar-refractivity contribution in [3.05, 3.63) is 35.9 Å². The molecule has 2 aliphatic rings. The summed E-state index contributed by atoms with van der Waals surface area (Å²) < 4.78 is 0. The van der Waals surface area contributed by atoms with E-state index in [4.69, 9.17) is 11.6 Å². The zero-order valence-corrected chi connectivity index (χ0v) is 12.3. The Kier molecular flexibility index (Phi) is 3.51. The average molecular weight is 294 g/mol. The Morgan fingerprint density at radius 1 is 1.50 bits per heavy atom. The summed E-state index contributed by atoms with van der Waals surface area (Å²) in [6, 6.07) is 9.35. The van der Waals surface area contributed by atoms with Gasteiger partial charge in [0.1, 0.15) is 0 Å². The first-order valence-corrected chi connectivity index (χ1v) is 7.67. The van der Waals surface area contributed by atoms with Crippen LogP contribution >= 0.6 is 11.6 Å². The van der Waals surface area contributed by atoms with Gasteiger partial charge >= 0.3 is 0 Å². The molecular formula is C16H20ClNO2. The number of halogens is 1. The van der Waals surface area contributed by atoms with E-state index < -0.39 is 0 Å². The van der Waals surface area contributed by atoms with Crippen molar-refractivity contribution in [3.8, 4) is 0 Å². The summed E-state index contributed by atoms with van der Waals surface area (Å²) in [4.78, 5) is 11.9. The van der Waals surface area contributed by atoms with Crippen molar-refractivity contribution in [2.45, 2.75) is 43.2 Å². The molecule has 0 spiro atoms. The van der Waals surface area contributed by atoms with Gasteiger partial charge in [0.05, 0.1) is 11.0 Å². The van der Waals surface area contributed by atoms with Crippen LogP contribution in [0.3, 0.4) is 0 Å². The van der Waals surface area contributed by atoms with Crippen molar-refractivity contribution in [3.63, 3.8) is 0 Å². The van der Waals surface area contributed by atoms with Crippen LogP contribution in [-0.4, -0.2) is 28.0 Å². The van der Waals surface area contributed by atoms with Gasteiger partial charge < -0.3 is 10.4 Å². The van der Waals surface area contributed by atoms with Crippen molar-refractivity contribution in [1.82, 2.24) is 5.32 Å². The summed E-state index contributed by atoms with van der Waals surface area (Å²) in [5, 5.41) is 12.8. The first-order valence-electron chi connectivity index (χ1n) is 7.29. The third-order valence-electron chi connectivity index (χ3n) is 4.80. The molecule has 5 atom stereocenters. The Labute approximate surface area is 124 Å². The van der Waals surface area contributed by atoms with Gasteiger partial charge in [-0.1, -0.05) is 25.1 Å². The molecular weight excluding hydrogens is 274 g/mol. The van der Waals surface area contributed by atoms with Gasteiger partial charge in [0.25, 0.3) is 5.91 Å². The van der Waals surface area contributed by atoms with E-state index in [2.05, 4.69) is 12.2 Å². The second-order valence-electron chi connectivity index (χ2n) is 6.01. The molecule has 0 heterocycles. The van der Waals surface area contributed by atoms with Crippen molar-refractivity contribution >= 4 is 17.5 Å². The van der Waals surface area contributed by atoms with Gasteiger partial charge in [0, 0.05) is 17.5 Å². The third-order valence-corrected chi connectivity index (χ3v) is 5.48. The summed E-state index contributed by atoms with van der Waals surface area (Å²) in [6.45, 7) is 2.07. The third kappa shape index (κ3) is 2.23. The van der Waals surface area contributed by atoms with Gasteiger partial charge in [-0.25, -0.2) is 0 Å². The maximum absolute atomic E-state index is 12.2. The van der Waals surface area contributed by atoms with E-state index in [0.717, 1.165) is 12.8 Å². The van der Waals surface area contributed by atoms with Crippen LogP contribution in [0.15, 0.2) is 30.3 Å². The summed E-state index contributed by atoms with van der Waals surface area (Å²) in [5.74, 6) is 0.605. The van der Waals surface area contributed by atoms with Crippen LogP contribution < -0.4 is 5.32 Å². The summed E-state index contributed by atoms with van der Waals surface area (Å²) >= 11 is 6.59. The lowest BCUT2D eigenvalue weighted by molar-refractivity contribution is 0.0923. The fourth-order valence-electron chi connectivity index (χ4n) is 3.78. The lowest BCUT2D eigenvalue weighted by atomic mass is 10.00. The second kappa shape index (κ2) is 5.05. The second-order valence-corrected chi connectivity index (χ2v) is 6.71. The van der Waals surface area contributed by atoms with E-state index in [1.807, 2.05) is 30.3 Å². The highest BCUT2D eigenvalue weighted by atomic mass is 35.5. The molecule has 3 nitrogen and oxygen atoms in total. The number of amides is 1. The highest BCUT2D eigenvalue weighted by Crippen LogP contribution is 2.67. The fraction of sp³-hybridized carbons (Fsp3) is 0.562. The number of carbonyl (C=O) groups excluding carboxylic acids is 1. The van der Waals surface area contributed by atoms with Crippen molar-refractivity contribution in [2.24, 2.45) is 11.8 Å². The largest absolute Gasteiger partial charge is 0.393 e.